The van der Waals surface area contributed by atoms with E-state index in [1.54, 1.807) is 49.4 Å². The highest BCUT2D eigenvalue weighted by Gasteiger charge is 2.08. The first kappa shape index (κ1) is 14.7. The highest BCUT2D eigenvalue weighted by Crippen LogP contribution is 2.18. The minimum absolute atomic E-state index is 0.169. The van der Waals surface area contributed by atoms with Crippen molar-refractivity contribution < 1.29 is 14.3 Å². The molecular weight excluding hydrogens is 294 g/mol. The minimum Gasteiger partial charge on any atom is -0.508 e. The summed E-state index contributed by atoms with van der Waals surface area (Å²) in [6.07, 6.45) is 3.08. The fraction of sp³-hybridized carbons (Fsp3) is 0.0556. The smallest absolute Gasteiger partial charge is 0.439 e. The van der Waals surface area contributed by atoms with Gasteiger partial charge in [0.2, 0.25) is 0 Å². The zero-order valence-electron chi connectivity index (χ0n) is 12.3. The average molecular weight is 307 g/mol. The van der Waals surface area contributed by atoms with Crippen molar-refractivity contribution in [2.75, 3.05) is 0 Å². The van der Waals surface area contributed by atoms with E-state index in [1.165, 1.54) is 12.1 Å². The van der Waals surface area contributed by atoms with Crippen molar-refractivity contribution in [1.82, 2.24) is 4.98 Å². The maximum absolute atomic E-state index is 12.2. The molecule has 0 aliphatic heterocycles. The second-order valence-electron chi connectivity index (χ2n) is 5.07. The van der Waals surface area contributed by atoms with E-state index in [2.05, 4.69) is 4.98 Å². The maximum Gasteiger partial charge on any atom is 0.439 e. The number of phenols is 1. The van der Waals surface area contributed by atoms with Crippen LogP contribution in [0, 0.1) is 6.92 Å². The fourth-order valence-electron chi connectivity index (χ4n) is 2.23. The second kappa shape index (κ2) is 5.88. The predicted octanol–water partition coefficient (Wildman–Crippen LogP) is 3.10. The van der Waals surface area contributed by atoms with Gasteiger partial charge in [-0.15, -0.1) is 0 Å². The van der Waals surface area contributed by atoms with E-state index in [4.69, 9.17) is 4.42 Å². The number of hydrogen-bond acceptors (Lipinski definition) is 5. The van der Waals surface area contributed by atoms with E-state index in [-0.39, 0.29) is 11.5 Å². The number of aromatic nitrogens is 1. The first-order chi connectivity index (χ1) is 11.0. The van der Waals surface area contributed by atoms with Gasteiger partial charge in [0.25, 0.3) is 0 Å². The van der Waals surface area contributed by atoms with Gasteiger partial charge in [-0.3, -0.25) is 4.79 Å². The molecule has 5 nitrogen and oxygen atoms in total. The molecule has 0 fully saturated rings. The Morgan fingerprint density at radius 3 is 2.65 bits per heavy atom. The Balaban J connectivity index is 1.91. The van der Waals surface area contributed by atoms with Gasteiger partial charge >= 0.3 is 5.76 Å². The van der Waals surface area contributed by atoms with Gasteiger partial charge in [-0.1, -0.05) is 24.3 Å². The van der Waals surface area contributed by atoms with Crippen LogP contribution in [0.2, 0.25) is 0 Å². The van der Waals surface area contributed by atoms with Crippen molar-refractivity contribution in [2.24, 2.45) is 0 Å². The molecule has 0 saturated carbocycles. The number of ketones is 1. The quantitative estimate of drug-likeness (QED) is 0.594. The lowest BCUT2D eigenvalue weighted by Crippen LogP contribution is -2.06. The zero-order valence-corrected chi connectivity index (χ0v) is 12.3. The monoisotopic (exact) mass is 307 g/mol. The molecule has 0 atom stereocenters. The molecule has 0 saturated heterocycles. The van der Waals surface area contributed by atoms with Crippen LogP contribution >= 0.6 is 0 Å². The molecule has 0 bridgehead atoms. The highest BCUT2D eigenvalue weighted by atomic mass is 16.4. The standard InChI is InChI=1S/C18H13NO4/c1-11-15-8-5-13(10-17(15)23-18(22)19-11)16(21)9-4-12-2-6-14(20)7-3-12/h2-10,20H,1H3/b9-4+. The van der Waals surface area contributed by atoms with E-state index in [0.29, 0.717) is 22.2 Å². The summed E-state index contributed by atoms with van der Waals surface area (Å²) in [6.45, 7) is 1.71. The summed E-state index contributed by atoms with van der Waals surface area (Å²) >= 11 is 0. The molecular formula is C18H13NO4. The van der Waals surface area contributed by atoms with E-state index >= 15 is 0 Å². The Hall–Kier alpha value is -3.21. The number of benzene rings is 2. The summed E-state index contributed by atoms with van der Waals surface area (Å²) in [7, 11) is 0. The normalized spacial score (nSPS) is 11.2. The Morgan fingerprint density at radius 2 is 1.91 bits per heavy atom. The minimum atomic E-state index is -0.681. The van der Waals surface area contributed by atoms with Gasteiger partial charge < -0.3 is 9.52 Å². The number of hydrogen-bond donors (Lipinski definition) is 1. The maximum atomic E-state index is 12.2. The Morgan fingerprint density at radius 1 is 1.17 bits per heavy atom. The Labute approximate surface area is 131 Å². The van der Waals surface area contributed by atoms with Gasteiger partial charge in [-0.05, 0) is 42.8 Å². The zero-order chi connectivity index (χ0) is 16.4. The molecule has 1 heterocycles. The molecule has 0 amide bonds. The van der Waals surface area contributed by atoms with Crippen LogP contribution in [0.25, 0.3) is 17.0 Å². The van der Waals surface area contributed by atoms with Crippen LogP contribution in [-0.4, -0.2) is 15.9 Å². The first-order valence-electron chi connectivity index (χ1n) is 6.96. The van der Waals surface area contributed by atoms with Gasteiger partial charge in [0.05, 0.1) is 5.69 Å². The van der Waals surface area contributed by atoms with Gasteiger partial charge in [0, 0.05) is 10.9 Å². The number of nitrogens with zero attached hydrogens (tertiary/aromatic N) is 1. The highest BCUT2D eigenvalue weighted by molar-refractivity contribution is 6.08. The summed E-state index contributed by atoms with van der Waals surface area (Å²) in [6, 6.07) is 11.4. The molecule has 1 aromatic heterocycles. The lowest BCUT2D eigenvalue weighted by Gasteiger charge is -2.01. The lowest BCUT2D eigenvalue weighted by atomic mass is 10.1. The topological polar surface area (TPSA) is 80.4 Å². The number of carbonyl (C=O) groups is 1. The molecule has 2 aromatic carbocycles. The summed E-state index contributed by atoms with van der Waals surface area (Å²) in [4.78, 5) is 27.3. The summed E-state index contributed by atoms with van der Waals surface area (Å²) in [5.41, 5.74) is 2.12. The van der Waals surface area contributed by atoms with Gasteiger partial charge in [0.1, 0.15) is 11.3 Å². The van der Waals surface area contributed by atoms with Crippen molar-refractivity contribution in [3.8, 4) is 5.75 Å². The van der Waals surface area contributed by atoms with Crippen LogP contribution in [0.1, 0.15) is 21.6 Å². The van der Waals surface area contributed by atoms with Crippen LogP contribution in [0.3, 0.4) is 0 Å². The third-order valence-electron chi connectivity index (χ3n) is 3.43. The fourth-order valence-corrected chi connectivity index (χ4v) is 2.23. The predicted molar refractivity (Wildman–Crippen MR) is 86.5 cm³/mol. The van der Waals surface area contributed by atoms with Crippen molar-refractivity contribution >= 4 is 22.8 Å². The third-order valence-corrected chi connectivity index (χ3v) is 3.43. The molecule has 0 unspecified atom stereocenters. The van der Waals surface area contributed by atoms with Gasteiger partial charge in [-0.25, -0.2) is 4.79 Å². The number of allylic oxidation sites excluding steroid dienone is 1. The SMILES string of the molecule is Cc1nc(=O)oc2cc(C(=O)/C=C/c3ccc(O)cc3)ccc12. The Kier molecular flexibility index (Phi) is 3.76. The van der Waals surface area contributed by atoms with Gasteiger partial charge in [-0.2, -0.15) is 4.98 Å². The lowest BCUT2D eigenvalue weighted by molar-refractivity contribution is 0.104. The second-order valence-corrected chi connectivity index (χ2v) is 5.07. The summed E-state index contributed by atoms with van der Waals surface area (Å²) in [5.74, 6) is -0.724. The first-order valence-corrected chi connectivity index (χ1v) is 6.96. The van der Waals surface area contributed by atoms with E-state index in [0.717, 1.165) is 5.56 Å². The van der Waals surface area contributed by atoms with Crippen molar-refractivity contribution in [3.63, 3.8) is 0 Å². The average Bonchev–Trinajstić information content (AvgIpc) is 2.53. The van der Waals surface area contributed by atoms with Crippen molar-refractivity contribution in [2.45, 2.75) is 6.92 Å². The molecule has 3 rings (SSSR count). The summed E-state index contributed by atoms with van der Waals surface area (Å²) < 4.78 is 5.04. The van der Waals surface area contributed by atoms with Crippen LogP contribution in [-0.2, 0) is 0 Å². The molecule has 0 spiro atoms. The van der Waals surface area contributed by atoms with Crippen molar-refractivity contribution in [3.05, 3.63) is 75.9 Å². The van der Waals surface area contributed by atoms with Gasteiger partial charge in [0.15, 0.2) is 5.78 Å². The Bertz CT molecular complexity index is 968. The number of rotatable bonds is 3. The number of fused-ring (bicyclic) bond motifs is 1. The molecule has 0 aliphatic rings. The molecule has 3 aromatic rings. The third kappa shape index (κ3) is 3.18. The molecule has 1 N–H and O–H groups in total. The van der Waals surface area contributed by atoms with E-state index in [1.807, 2.05) is 0 Å². The molecule has 0 aliphatic carbocycles. The van der Waals surface area contributed by atoms with E-state index in [9.17, 15) is 14.7 Å². The molecule has 23 heavy (non-hydrogen) atoms. The van der Waals surface area contributed by atoms with Crippen LogP contribution in [0.5, 0.6) is 5.75 Å². The number of phenolic OH excluding ortho intramolecular Hbond substituents is 1. The number of carbonyl (C=O) groups excluding carboxylic acids is 1. The van der Waals surface area contributed by atoms with Crippen LogP contribution < -0.4 is 5.76 Å². The largest absolute Gasteiger partial charge is 0.508 e. The number of aryl methyl sites for hydroxylation is 1. The van der Waals surface area contributed by atoms with Crippen molar-refractivity contribution in [1.29, 1.82) is 0 Å². The molecule has 0 radical (unpaired) electrons. The summed E-state index contributed by atoms with van der Waals surface area (Å²) in [5, 5.41) is 9.92. The molecule has 114 valence electrons. The molecule has 5 heteroatoms. The number of aromatic hydroxyl groups is 1. The van der Waals surface area contributed by atoms with E-state index < -0.39 is 5.76 Å². The van der Waals surface area contributed by atoms with Crippen LogP contribution in [0.4, 0.5) is 0 Å². The van der Waals surface area contributed by atoms with Crippen LogP contribution in [0.15, 0.2) is 57.8 Å².